The summed E-state index contributed by atoms with van der Waals surface area (Å²) in [6.07, 6.45) is 3.09. The Morgan fingerprint density at radius 1 is 1.43 bits per heavy atom. The van der Waals surface area contributed by atoms with Crippen molar-refractivity contribution in [1.82, 2.24) is 4.98 Å². The van der Waals surface area contributed by atoms with E-state index in [0.29, 0.717) is 21.1 Å². The largest absolute Gasteiger partial charge is 0.460 e. The van der Waals surface area contributed by atoms with Crippen LogP contribution in [0.15, 0.2) is 45.5 Å². The Hall–Kier alpha value is -2.41. The Morgan fingerprint density at radius 3 is 3.00 bits per heavy atom. The number of halogens is 2. The summed E-state index contributed by atoms with van der Waals surface area (Å²) in [7, 11) is 0. The number of hydrogen-bond donors (Lipinski definition) is 1. The molecule has 3 aromatic rings. The molecule has 0 spiro atoms. The molecule has 0 aliphatic rings. The first kappa shape index (κ1) is 15.5. The maximum atomic E-state index is 14.1. The van der Waals surface area contributed by atoms with Gasteiger partial charge in [0, 0.05) is 16.9 Å². The Bertz CT molecular complexity index is 879. The van der Waals surface area contributed by atoms with Crippen molar-refractivity contribution in [2.24, 2.45) is 0 Å². The number of rotatable bonds is 4. The lowest BCUT2D eigenvalue weighted by Gasteiger charge is -2.08. The van der Waals surface area contributed by atoms with Gasteiger partial charge in [0.25, 0.3) is 0 Å². The number of esters is 1. The number of carbonyl (C=O) groups is 1. The van der Waals surface area contributed by atoms with Gasteiger partial charge < -0.3 is 14.5 Å². The van der Waals surface area contributed by atoms with E-state index in [1.807, 2.05) is 0 Å². The van der Waals surface area contributed by atoms with Crippen LogP contribution < -0.4 is 5.32 Å². The maximum Gasteiger partial charge on any atom is 0.376 e. The van der Waals surface area contributed by atoms with Crippen LogP contribution in [0.3, 0.4) is 0 Å². The van der Waals surface area contributed by atoms with Crippen molar-refractivity contribution < 1.29 is 18.3 Å². The molecule has 0 bridgehead atoms. The molecule has 0 aliphatic carbocycles. The number of pyridine rings is 1. The van der Waals surface area contributed by atoms with Gasteiger partial charge in [-0.15, -0.1) is 0 Å². The molecule has 2 aromatic heterocycles. The van der Waals surface area contributed by atoms with Crippen LogP contribution in [0, 0.1) is 5.82 Å². The van der Waals surface area contributed by atoms with E-state index in [-0.39, 0.29) is 18.1 Å². The molecule has 0 radical (unpaired) electrons. The van der Waals surface area contributed by atoms with Gasteiger partial charge in [-0.05, 0) is 31.2 Å². The monoisotopic (exact) mass is 378 g/mol. The third-order valence-electron chi connectivity index (χ3n) is 3.14. The normalized spacial score (nSPS) is 10.7. The molecule has 0 saturated heterocycles. The van der Waals surface area contributed by atoms with Crippen LogP contribution in [-0.4, -0.2) is 17.6 Å². The predicted molar refractivity (Wildman–Crippen MR) is 87.3 cm³/mol. The topological polar surface area (TPSA) is 64.4 Å². The zero-order valence-corrected chi connectivity index (χ0v) is 13.7. The molecule has 0 fully saturated rings. The summed E-state index contributed by atoms with van der Waals surface area (Å²) in [5, 5.41) is 3.47. The summed E-state index contributed by atoms with van der Waals surface area (Å²) in [5.74, 6) is -1.10. The minimum atomic E-state index is -0.622. The zero-order chi connectivity index (χ0) is 16.4. The summed E-state index contributed by atoms with van der Waals surface area (Å²) in [6.45, 7) is 1.91. The lowest BCUT2D eigenvalue weighted by atomic mass is 10.2. The predicted octanol–water partition coefficient (Wildman–Crippen LogP) is 4.65. The molecule has 0 amide bonds. The lowest BCUT2D eigenvalue weighted by Crippen LogP contribution is -2.06. The highest BCUT2D eigenvalue weighted by atomic mass is 79.9. The fourth-order valence-electron chi connectivity index (χ4n) is 2.13. The number of benzene rings is 1. The van der Waals surface area contributed by atoms with Crippen LogP contribution in [0.25, 0.3) is 11.0 Å². The lowest BCUT2D eigenvalue weighted by molar-refractivity contribution is 0.0494. The Morgan fingerprint density at radius 2 is 2.26 bits per heavy atom. The molecular weight excluding hydrogens is 367 g/mol. The Balaban J connectivity index is 2.10. The number of ether oxygens (including phenoxy) is 1. The molecule has 0 atom stereocenters. The highest BCUT2D eigenvalue weighted by Crippen LogP contribution is 2.34. The van der Waals surface area contributed by atoms with Crippen molar-refractivity contribution in [2.45, 2.75) is 6.92 Å². The van der Waals surface area contributed by atoms with Gasteiger partial charge in [0.15, 0.2) is 0 Å². The SMILES string of the molecule is CCOC(=O)c1oc2ccncc2c1Nc1ccc(Br)cc1F. The van der Waals surface area contributed by atoms with Crippen molar-refractivity contribution in [1.29, 1.82) is 0 Å². The second-order valence-electron chi connectivity index (χ2n) is 4.65. The van der Waals surface area contributed by atoms with E-state index >= 15 is 0 Å². The average molecular weight is 379 g/mol. The van der Waals surface area contributed by atoms with E-state index in [9.17, 15) is 9.18 Å². The van der Waals surface area contributed by atoms with Crippen LogP contribution in [0.2, 0.25) is 0 Å². The fourth-order valence-corrected chi connectivity index (χ4v) is 2.46. The number of carbonyl (C=O) groups excluding carboxylic acids is 1. The number of nitrogens with one attached hydrogen (secondary N) is 1. The highest BCUT2D eigenvalue weighted by Gasteiger charge is 2.22. The average Bonchev–Trinajstić information content (AvgIpc) is 2.89. The number of fused-ring (bicyclic) bond motifs is 1. The maximum absolute atomic E-state index is 14.1. The minimum absolute atomic E-state index is 0.0165. The Kier molecular flexibility index (Phi) is 4.29. The van der Waals surface area contributed by atoms with E-state index < -0.39 is 11.8 Å². The number of aromatic nitrogens is 1. The molecule has 0 aliphatic heterocycles. The molecule has 5 nitrogen and oxygen atoms in total. The van der Waals surface area contributed by atoms with Crippen LogP contribution in [-0.2, 0) is 4.74 Å². The van der Waals surface area contributed by atoms with Gasteiger partial charge in [0.1, 0.15) is 17.1 Å². The molecule has 3 rings (SSSR count). The van der Waals surface area contributed by atoms with E-state index in [0.717, 1.165) is 0 Å². The highest BCUT2D eigenvalue weighted by molar-refractivity contribution is 9.10. The summed E-state index contributed by atoms with van der Waals surface area (Å²) in [5.41, 5.74) is 1.00. The van der Waals surface area contributed by atoms with E-state index in [4.69, 9.17) is 9.15 Å². The van der Waals surface area contributed by atoms with Crippen LogP contribution in [0.5, 0.6) is 0 Å². The van der Waals surface area contributed by atoms with Crippen molar-refractivity contribution in [3.8, 4) is 0 Å². The second-order valence-corrected chi connectivity index (χ2v) is 5.56. The number of furan rings is 1. The van der Waals surface area contributed by atoms with E-state index in [1.165, 1.54) is 6.07 Å². The van der Waals surface area contributed by atoms with Gasteiger partial charge in [0.05, 0.1) is 17.7 Å². The summed E-state index contributed by atoms with van der Waals surface area (Å²) >= 11 is 3.20. The first-order valence-electron chi connectivity index (χ1n) is 6.86. The summed E-state index contributed by atoms with van der Waals surface area (Å²) in [6, 6.07) is 6.20. The standard InChI is InChI=1S/C16H12BrFN2O3/c1-2-22-16(21)15-14(10-8-19-6-5-13(10)23-15)20-12-4-3-9(17)7-11(12)18/h3-8,20H,2H2,1H3. The van der Waals surface area contributed by atoms with Gasteiger partial charge in [-0.3, -0.25) is 4.98 Å². The van der Waals surface area contributed by atoms with Crippen molar-refractivity contribution in [3.05, 3.63) is 52.7 Å². The van der Waals surface area contributed by atoms with Crippen LogP contribution in [0.1, 0.15) is 17.5 Å². The van der Waals surface area contributed by atoms with Gasteiger partial charge in [0.2, 0.25) is 5.76 Å². The van der Waals surface area contributed by atoms with Gasteiger partial charge >= 0.3 is 5.97 Å². The van der Waals surface area contributed by atoms with E-state index in [2.05, 4.69) is 26.2 Å². The van der Waals surface area contributed by atoms with E-state index in [1.54, 1.807) is 37.5 Å². The van der Waals surface area contributed by atoms with Crippen molar-refractivity contribution in [3.63, 3.8) is 0 Å². The first-order chi connectivity index (χ1) is 11.1. The van der Waals surface area contributed by atoms with Gasteiger partial charge in [-0.2, -0.15) is 0 Å². The molecule has 1 aromatic carbocycles. The number of nitrogens with zero attached hydrogens (tertiary/aromatic N) is 1. The fraction of sp³-hybridized carbons (Fsp3) is 0.125. The summed E-state index contributed by atoms with van der Waals surface area (Å²) in [4.78, 5) is 16.1. The van der Waals surface area contributed by atoms with Gasteiger partial charge in [-0.1, -0.05) is 15.9 Å². The first-order valence-corrected chi connectivity index (χ1v) is 7.65. The zero-order valence-electron chi connectivity index (χ0n) is 12.1. The van der Waals surface area contributed by atoms with Crippen molar-refractivity contribution >= 4 is 44.2 Å². The molecule has 2 heterocycles. The molecule has 118 valence electrons. The number of anilines is 2. The molecule has 1 N–H and O–H groups in total. The third-order valence-corrected chi connectivity index (χ3v) is 3.63. The van der Waals surface area contributed by atoms with Crippen LogP contribution >= 0.6 is 15.9 Å². The minimum Gasteiger partial charge on any atom is -0.460 e. The second kappa shape index (κ2) is 6.37. The molecule has 23 heavy (non-hydrogen) atoms. The molecule has 0 unspecified atom stereocenters. The summed E-state index contributed by atoms with van der Waals surface area (Å²) < 4.78 is 25.2. The van der Waals surface area contributed by atoms with Gasteiger partial charge in [-0.25, -0.2) is 9.18 Å². The number of hydrogen-bond acceptors (Lipinski definition) is 5. The molecular formula is C16H12BrFN2O3. The van der Waals surface area contributed by atoms with Crippen molar-refractivity contribution in [2.75, 3.05) is 11.9 Å². The molecule has 0 saturated carbocycles. The third kappa shape index (κ3) is 3.05. The molecule has 7 heteroatoms. The van der Waals surface area contributed by atoms with Crippen LogP contribution in [0.4, 0.5) is 15.8 Å². The Labute approximate surface area is 139 Å². The smallest absolute Gasteiger partial charge is 0.376 e. The quantitative estimate of drug-likeness (QED) is 0.669.